The average Bonchev–Trinajstić information content (AvgIpc) is 3.08. The van der Waals surface area contributed by atoms with Gasteiger partial charge in [-0.3, -0.25) is 4.90 Å². The van der Waals surface area contributed by atoms with Crippen molar-refractivity contribution in [3.05, 3.63) is 76.8 Å². The zero-order chi connectivity index (χ0) is 21.0. The molecule has 0 aliphatic heterocycles. The molecule has 3 rings (SSSR count). The Morgan fingerprint density at radius 2 is 1.93 bits per heavy atom. The Balaban J connectivity index is 1.80. The van der Waals surface area contributed by atoms with Crippen molar-refractivity contribution in [2.45, 2.75) is 39.3 Å². The van der Waals surface area contributed by atoms with E-state index in [0.29, 0.717) is 29.7 Å². The molecule has 0 atom stereocenters. The lowest BCUT2D eigenvalue weighted by Crippen LogP contribution is -2.45. The Labute approximate surface area is 174 Å². The minimum Gasteiger partial charge on any atom is -0.489 e. The van der Waals surface area contributed by atoms with Gasteiger partial charge < -0.3 is 14.3 Å². The van der Waals surface area contributed by atoms with Crippen LogP contribution in [0.25, 0.3) is 0 Å². The molecule has 1 N–H and O–H groups in total. The van der Waals surface area contributed by atoms with Crippen LogP contribution in [-0.4, -0.2) is 21.7 Å². The average molecular weight is 415 g/mol. The third kappa shape index (κ3) is 5.29. The highest BCUT2D eigenvalue weighted by atomic mass is 35.5. The van der Waals surface area contributed by atoms with Gasteiger partial charge in [0.2, 0.25) is 5.89 Å². The lowest BCUT2D eigenvalue weighted by atomic mass is 10.1. The first-order chi connectivity index (χ1) is 13.7. The summed E-state index contributed by atoms with van der Waals surface area (Å²) in [6.45, 7) is 5.80. The summed E-state index contributed by atoms with van der Waals surface area (Å²) < 4.78 is 11.5. The molecule has 6 nitrogen and oxygen atoms in total. The Kier molecular flexibility index (Phi) is 6.13. The molecule has 0 spiro atoms. The molecule has 0 radical (unpaired) electrons. The Bertz CT molecular complexity index is 980. The standard InChI is InChI=1S/C22H23ClN2O4/c1-22(2,3)25(21(26)27)19-14-29-20(24-19)12-16-11-17(23)9-10-18(16)28-13-15-7-5-4-6-8-15/h4-11,14H,12-13H2,1-3H3,(H,26,27). The third-order valence-electron chi connectivity index (χ3n) is 4.23. The number of oxazole rings is 1. The summed E-state index contributed by atoms with van der Waals surface area (Å²) >= 11 is 6.16. The second-order valence-electron chi connectivity index (χ2n) is 7.59. The number of halogens is 1. The van der Waals surface area contributed by atoms with Crippen molar-refractivity contribution in [3.63, 3.8) is 0 Å². The van der Waals surface area contributed by atoms with E-state index in [2.05, 4.69) is 4.98 Å². The molecule has 0 saturated carbocycles. The van der Waals surface area contributed by atoms with E-state index >= 15 is 0 Å². The van der Waals surface area contributed by atoms with Crippen molar-refractivity contribution in [1.29, 1.82) is 0 Å². The third-order valence-corrected chi connectivity index (χ3v) is 4.47. The molecule has 2 aromatic carbocycles. The zero-order valence-electron chi connectivity index (χ0n) is 16.6. The first kappa shape index (κ1) is 20.7. The second-order valence-corrected chi connectivity index (χ2v) is 8.03. The van der Waals surface area contributed by atoms with Gasteiger partial charge in [-0.2, -0.15) is 4.98 Å². The summed E-state index contributed by atoms with van der Waals surface area (Å²) in [7, 11) is 0. The maximum absolute atomic E-state index is 11.6. The van der Waals surface area contributed by atoms with Crippen LogP contribution < -0.4 is 9.64 Å². The Morgan fingerprint density at radius 3 is 2.59 bits per heavy atom. The SMILES string of the molecule is CC(C)(C)N(C(=O)O)c1coc(Cc2cc(Cl)ccc2OCc2ccccc2)n1. The molecule has 152 valence electrons. The number of amides is 1. The van der Waals surface area contributed by atoms with E-state index in [1.165, 1.54) is 11.2 Å². The number of rotatable bonds is 6. The van der Waals surface area contributed by atoms with Crippen LogP contribution in [0, 0.1) is 0 Å². The first-order valence-electron chi connectivity index (χ1n) is 9.17. The number of nitrogens with zero attached hydrogens (tertiary/aromatic N) is 2. The van der Waals surface area contributed by atoms with Crippen LogP contribution in [0.4, 0.5) is 10.6 Å². The van der Waals surface area contributed by atoms with E-state index in [4.69, 9.17) is 20.8 Å². The Hall–Kier alpha value is -2.99. The van der Waals surface area contributed by atoms with Gasteiger partial charge in [0, 0.05) is 16.1 Å². The number of benzene rings is 2. The molecule has 1 heterocycles. The molecule has 0 unspecified atom stereocenters. The Morgan fingerprint density at radius 1 is 1.21 bits per heavy atom. The van der Waals surface area contributed by atoms with Crippen LogP contribution in [0.2, 0.25) is 5.02 Å². The van der Waals surface area contributed by atoms with E-state index in [1.807, 2.05) is 36.4 Å². The molecule has 0 saturated heterocycles. The number of aromatic nitrogens is 1. The topological polar surface area (TPSA) is 75.8 Å². The summed E-state index contributed by atoms with van der Waals surface area (Å²) in [5, 5.41) is 10.1. The smallest absolute Gasteiger partial charge is 0.413 e. The van der Waals surface area contributed by atoms with Crippen molar-refractivity contribution in [2.24, 2.45) is 0 Å². The largest absolute Gasteiger partial charge is 0.489 e. The van der Waals surface area contributed by atoms with Gasteiger partial charge in [-0.25, -0.2) is 4.79 Å². The summed E-state index contributed by atoms with van der Waals surface area (Å²) in [4.78, 5) is 17.2. The van der Waals surface area contributed by atoms with Crippen molar-refractivity contribution in [1.82, 2.24) is 4.98 Å². The molecule has 0 fully saturated rings. The summed E-state index contributed by atoms with van der Waals surface area (Å²) in [6.07, 6.45) is 0.582. The number of ether oxygens (including phenoxy) is 1. The number of carboxylic acid groups (broad SMARTS) is 1. The van der Waals surface area contributed by atoms with Gasteiger partial charge >= 0.3 is 6.09 Å². The molecular formula is C22H23ClN2O4. The fraction of sp³-hybridized carbons (Fsp3) is 0.273. The van der Waals surface area contributed by atoms with Gasteiger partial charge in [-0.15, -0.1) is 0 Å². The van der Waals surface area contributed by atoms with Gasteiger partial charge in [0.1, 0.15) is 18.6 Å². The van der Waals surface area contributed by atoms with Gasteiger partial charge in [-0.05, 0) is 44.5 Å². The van der Waals surface area contributed by atoms with Crippen molar-refractivity contribution in [3.8, 4) is 5.75 Å². The monoisotopic (exact) mass is 414 g/mol. The summed E-state index contributed by atoms with van der Waals surface area (Å²) in [5.41, 5.74) is 1.20. The molecule has 1 aromatic heterocycles. The fourth-order valence-electron chi connectivity index (χ4n) is 2.94. The molecule has 0 bridgehead atoms. The molecule has 0 aliphatic rings. The maximum Gasteiger partial charge on any atom is 0.413 e. The lowest BCUT2D eigenvalue weighted by molar-refractivity contribution is 0.195. The summed E-state index contributed by atoms with van der Waals surface area (Å²) in [5.74, 6) is 1.29. The lowest BCUT2D eigenvalue weighted by Gasteiger charge is -2.30. The van der Waals surface area contributed by atoms with Crippen LogP contribution in [-0.2, 0) is 13.0 Å². The quantitative estimate of drug-likeness (QED) is 0.553. The number of hydrogen-bond acceptors (Lipinski definition) is 4. The summed E-state index contributed by atoms with van der Waals surface area (Å²) in [6, 6.07) is 15.2. The molecule has 0 aliphatic carbocycles. The van der Waals surface area contributed by atoms with E-state index in [0.717, 1.165) is 11.1 Å². The normalized spacial score (nSPS) is 11.3. The van der Waals surface area contributed by atoms with E-state index in [9.17, 15) is 9.90 Å². The molecule has 29 heavy (non-hydrogen) atoms. The van der Waals surface area contributed by atoms with Crippen molar-refractivity contribution in [2.75, 3.05) is 4.90 Å². The molecular weight excluding hydrogens is 392 g/mol. The highest BCUT2D eigenvalue weighted by Crippen LogP contribution is 2.28. The number of carbonyl (C=O) groups is 1. The number of anilines is 1. The fourth-order valence-corrected chi connectivity index (χ4v) is 3.13. The molecule has 1 amide bonds. The van der Waals surface area contributed by atoms with E-state index in [1.54, 1.807) is 32.9 Å². The van der Waals surface area contributed by atoms with Crippen molar-refractivity contribution < 1.29 is 19.1 Å². The van der Waals surface area contributed by atoms with Gasteiger partial charge in [0.25, 0.3) is 0 Å². The highest BCUT2D eigenvalue weighted by Gasteiger charge is 2.30. The van der Waals surface area contributed by atoms with Gasteiger partial charge in [-0.1, -0.05) is 41.9 Å². The van der Waals surface area contributed by atoms with Crippen LogP contribution in [0.3, 0.4) is 0 Å². The molecule has 7 heteroatoms. The molecule has 3 aromatic rings. The van der Waals surface area contributed by atoms with Crippen LogP contribution in [0.1, 0.15) is 37.8 Å². The van der Waals surface area contributed by atoms with E-state index in [-0.39, 0.29) is 5.82 Å². The van der Waals surface area contributed by atoms with Crippen molar-refractivity contribution >= 4 is 23.5 Å². The maximum atomic E-state index is 11.6. The minimum atomic E-state index is -1.09. The predicted molar refractivity (Wildman–Crippen MR) is 112 cm³/mol. The van der Waals surface area contributed by atoms with E-state index < -0.39 is 11.6 Å². The van der Waals surface area contributed by atoms with Gasteiger partial charge in [0.15, 0.2) is 5.82 Å². The van der Waals surface area contributed by atoms with Crippen LogP contribution in [0.5, 0.6) is 5.75 Å². The predicted octanol–water partition coefficient (Wildman–Crippen LogP) is 5.78. The van der Waals surface area contributed by atoms with Crippen LogP contribution >= 0.6 is 11.6 Å². The number of hydrogen-bond donors (Lipinski definition) is 1. The minimum absolute atomic E-state index is 0.244. The zero-order valence-corrected chi connectivity index (χ0v) is 17.3. The van der Waals surface area contributed by atoms with Gasteiger partial charge in [0.05, 0.1) is 6.42 Å². The first-order valence-corrected chi connectivity index (χ1v) is 9.54. The highest BCUT2D eigenvalue weighted by molar-refractivity contribution is 6.30. The second kappa shape index (κ2) is 8.57. The van der Waals surface area contributed by atoms with Crippen LogP contribution in [0.15, 0.2) is 59.2 Å².